The molecule has 3 rings (SSSR count). The average Bonchev–Trinajstić information content (AvgIpc) is 3.68. The second-order valence-corrected chi connectivity index (χ2v) is 13.0. The molecular weight excluding hydrogens is 546 g/mol. The summed E-state index contributed by atoms with van der Waals surface area (Å²) in [5.74, 6) is 1.75. The van der Waals surface area contributed by atoms with Gasteiger partial charge in [0, 0.05) is 6.04 Å². The summed E-state index contributed by atoms with van der Waals surface area (Å²) in [6.07, 6.45) is 18.4. The van der Waals surface area contributed by atoms with E-state index in [1.165, 1.54) is 88.2 Å². The summed E-state index contributed by atoms with van der Waals surface area (Å²) in [5, 5.41) is 0. The number of ether oxygens (including phenoxy) is 3. The van der Waals surface area contributed by atoms with Gasteiger partial charge in [0.2, 0.25) is 0 Å². The van der Waals surface area contributed by atoms with E-state index in [1.807, 2.05) is 6.92 Å². The van der Waals surface area contributed by atoms with Crippen molar-refractivity contribution in [3.8, 4) is 11.5 Å². The van der Waals surface area contributed by atoms with Gasteiger partial charge in [-0.1, -0.05) is 115 Å². The summed E-state index contributed by atoms with van der Waals surface area (Å²) in [6, 6.07) is 8.83. The zero-order valence-electron chi connectivity index (χ0n) is 29.2. The van der Waals surface area contributed by atoms with Crippen LogP contribution >= 0.6 is 0 Å². The monoisotopic (exact) mass is 607 g/mol. The van der Waals surface area contributed by atoms with Gasteiger partial charge < -0.3 is 14.2 Å². The summed E-state index contributed by atoms with van der Waals surface area (Å²) in [6.45, 7) is 13.0. The molecule has 1 unspecified atom stereocenters. The zero-order chi connectivity index (χ0) is 32.1. The van der Waals surface area contributed by atoms with Crippen molar-refractivity contribution >= 4 is 5.97 Å². The molecule has 0 radical (unpaired) electrons. The van der Waals surface area contributed by atoms with E-state index < -0.39 is 0 Å². The number of rotatable bonds is 21. The van der Waals surface area contributed by atoms with Crippen molar-refractivity contribution in [2.45, 2.75) is 150 Å². The minimum Gasteiger partial charge on any atom is -0.496 e. The first kappa shape index (κ1) is 35.9. The minimum atomic E-state index is -0.220. The first-order chi connectivity index (χ1) is 21.3. The van der Waals surface area contributed by atoms with E-state index in [-0.39, 0.29) is 24.1 Å². The molecule has 1 aliphatic heterocycles. The normalized spacial score (nSPS) is 17.6. The molecule has 2 aromatic carbocycles. The van der Waals surface area contributed by atoms with Gasteiger partial charge in [0.15, 0.2) is 0 Å². The Morgan fingerprint density at radius 2 is 1.05 bits per heavy atom. The van der Waals surface area contributed by atoms with Gasteiger partial charge in [-0.3, -0.25) is 9.69 Å². The lowest BCUT2D eigenvalue weighted by Gasteiger charge is -2.25. The number of carbonyl (C=O) groups excluding carboxylic acids is 1. The van der Waals surface area contributed by atoms with Gasteiger partial charge in [-0.2, -0.15) is 0 Å². The van der Waals surface area contributed by atoms with Crippen molar-refractivity contribution in [2.75, 3.05) is 20.8 Å². The highest BCUT2D eigenvalue weighted by Gasteiger charge is 2.56. The fourth-order valence-electron chi connectivity index (χ4n) is 7.30. The van der Waals surface area contributed by atoms with Gasteiger partial charge in [-0.05, 0) is 74.4 Å². The van der Waals surface area contributed by atoms with Crippen LogP contribution in [0.1, 0.15) is 143 Å². The number of hydrogen-bond donors (Lipinski definition) is 0. The SMILES string of the molecule is CCCCCCCCCCCCCCC[C@@H]1[C@H](C(=O)OCC)N1C(c1cc(C)c(OC)c(C)c1)c1cc(C)c(OC)c(C)c1. The Balaban J connectivity index is 1.69. The lowest BCUT2D eigenvalue weighted by molar-refractivity contribution is -0.143. The molecule has 5 nitrogen and oxygen atoms in total. The number of carbonyl (C=O) groups is 1. The second kappa shape index (κ2) is 18.4. The fraction of sp³-hybridized carbons (Fsp3) is 0.667. The predicted octanol–water partition coefficient (Wildman–Crippen LogP) is 10.1. The number of hydrogen-bond acceptors (Lipinski definition) is 5. The molecule has 0 bridgehead atoms. The van der Waals surface area contributed by atoms with Gasteiger partial charge in [-0.25, -0.2) is 0 Å². The van der Waals surface area contributed by atoms with E-state index >= 15 is 0 Å². The smallest absolute Gasteiger partial charge is 0.325 e. The molecule has 0 N–H and O–H groups in total. The van der Waals surface area contributed by atoms with Crippen molar-refractivity contribution in [3.63, 3.8) is 0 Å². The quantitative estimate of drug-likeness (QED) is 0.0803. The van der Waals surface area contributed by atoms with Crippen LogP contribution in [0, 0.1) is 27.7 Å². The van der Waals surface area contributed by atoms with Crippen molar-refractivity contribution in [1.82, 2.24) is 4.90 Å². The molecule has 2 aromatic rings. The van der Waals surface area contributed by atoms with Crippen molar-refractivity contribution < 1.29 is 19.0 Å². The molecule has 0 saturated carbocycles. The van der Waals surface area contributed by atoms with E-state index in [1.54, 1.807) is 14.2 Å². The largest absolute Gasteiger partial charge is 0.496 e. The van der Waals surface area contributed by atoms with Crippen LogP contribution < -0.4 is 9.47 Å². The van der Waals surface area contributed by atoms with Crippen LogP contribution in [0.2, 0.25) is 0 Å². The van der Waals surface area contributed by atoms with E-state index in [9.17, 15) is 4.79 Å². The molecule has 1 heterocycles. The van der Waals surface area contributed by atoms with E-state index in [4.69, 9.17) is 14.2 Å². The van der Waals surface area contributed by atoms with Gasteiger partial charge in [0.1, 0.15) is 17.5 Å². The highest BCUT2D eigenvalue weighted by atomic mass is 16.5. The van der Waals surface area contributed by atoms with Gasteiger partial charge in [0.05, 0.1) is 26.9 Å². The maximum absolute atomic E-state index is 13.3. The summed E-state index contributed by atoms with van der Waals surface area (Å²) in [5.41, 5.74) is 6.81. The summed E-state index contributed by atoms with van der Waals surface area (Å²) < 4.78 is 17.0. The minimum absolute atomic E-state index is 0.0528. The zero-order valence-corrected chi connectivity index (χ0v) is 29.2. The fourth-order valence-corrected chi connectivity index (χ4v) is 7.30. The number of esters is 1. The third kappa shape index (κ3) is 9.73. The molecule has 3 atom stereocenters. The Hall–Kier alpha value is -2.53. The highest BCUT2D eigenvalue weighted by Crippen LogP contribution is 2.47. The van der Waals surface area contributed by atoms with Crippen LogP contribution in [0.3, 0.4) is 0 Å². The summed E-state index contributed by atoms with van der Waals surface area (Å²) in [4.78, 5) is 15.7. The van der Waals surface area contributed by atoms with Crippen molar-refractivity contribution in [3.05, 3.63) is 57.6 Å². The molecule has 5 heteroatoms. The van der Waals surface area contributed by atoms with Crippen LogP contribution in [0.25, 0.3) is 0 Å². The Labute approximate surface area is 269 Å². The summed E-state index contributed by atoms with van der Waals surface area (Å²) in [7, 11) is 3.46. The Bertz CT molecular complexity index is 1070. The van der Waals surface area contributed by atoms with Gasteiger partial charge in [-0.15, -0.1) is 0 Å². The molecule has 0 amide bonds. The lowest BCUT2D eigenvalue weighted by Crippen LogP contribution is -2.21. The maximum Gasteiger partial charge on any atom is 0.325 e. The molecule has 0 aromatic heterocycles. The van der Waals surface area contributed by atoms with E-state index in [2.05, 4.69) is 63.8 Å². The maximum atomic E-state index is 13.3. The number of unbranched alkanes of at least 4 members (excludes halogenated alkanes) is 12. The highest BCUT2D eigenvalue weighted by molar-refractivity contribution is 5.80. The third-order valence-corrected chi connectivity index (χ3v) is 9.41. The van der Waals surface area contributed by atoms with E-state index in [0.29, 0.717) is 6.61 Å². The Morgan fingerprint density at radius 1 is 0.659 bits per heavy atom. The summed E-state index contributed by atoms with van der Waals surface area (Å²) >= 11 is 0. The molecule has 1 fully saturated rings. The van der Waals surface area contributed by atoms with Crippen LogP contribution in [0.4, 0.5) is 0 Å². The number of nitrogens with zero attached hydrogens (tertiary/aromatic N) is 1. The van der Waals surface area contributed by atoms with E-state index in [0.717, 1.165) is 46.6 Å². The lowest BCUT2D eigenvalue weighted by atomic mass is 9.92. The standard InChI is InChI=1S/C39H61NO4/c1-9-11-12-13-14-15-16-17-18-19-20-21-22-23-34-36(39(41)44-10-2)40(34)35(32-24-28(3)37(42-7)29(4)25-32)33-26-30(5)38(43-8)31(6)27-33/h24-27,34-36H,9-23H2,1-8H3/t34-,36-,40?/m1/s1. The molecular formula is C39H61NO4. The van der Waals surface area contributed by atoms with Crippen LogP contribution in [0.5, 0.6) is 11.5 Å². The van der Waals surface area contributed by atoms with Crippen LogP contribution in [-0.2, 0) is 9.53 Å². The first-order valence-electron chi connectivity index (χ1n) is 17.5. The third-order valence-electron chi connectivity index (χ3n) is 9.41. The average molecular weight is 608 g/mol. The Kier molecular flexibility index (Phi) is 15.1. The van der Waals surface area contributed by atoms with Crippen molar-refractivity contribution in [2.24, 2.45) is 0 Å². The van der Waals surface area contributed by atoms with Crippen LogP contribution in [-0.4, -0.2) is 43.8 Å². The molecule has 1 aliphatic rings. The molecule has 0 spiro atoms. The number of methoxy groups -OCH3 is 2. The topological polar surface area (TPSA) is 47.8 Å². The van der Waals surface area contributed by atoms with Crippen molar-refractivity contribution in [1.29, 1.82) is 0 Å². The second-order valence-electron chi connectivity index (χ2n) is 13.0. The van der Waals surface area contributed by atoms with Gasteiger partial charge >= 0.3 is 5.97 Å². The molecule has 1 saturated heterocycles. The molecule has 246 valence electrons. The first-order valence-corrected chi connectivity index (χ1v) is 17.5. The van der Waals surface area contributed by atoms with Crippen LogP contribution in [0.15, 0.2) is 24.3 Å². The van der Waals surface area contributed by atoms with Gasteiger partial charge in [0.25, 0.3) is 0 Å². The predicted molar refractivity (Wildman–Crippen MR) is 183 cm³/mol. The Morgan fingerprint density at radius 3 is 1.41 bits per heavy atom. The molecule has 44 heavy (non-hydrogen) atoms. The number of benzene rings is 2. The number of aryl methyl sites for hydroxylation is 4. The molecule has 0 aliphatic carbocycles.